The summed E-state index contributed by atoms with van der Waals surface area (Å²) in [5, 5.41) is 0. The van der Waals surface area contributed by atoms with Crippen molar-refractivity contribution in [3.05, 3.63) is 29.8 Å². The first kappa shape index (κ1) is 9.26. The summed E-state index contributed by atoms with van der Waals surface area (Å²) in [6.07, 6.45) is 0. The summed E-state index contributed by atoms with van der Waals surface area (Å²) in [5.74, 6) is -0.517. The van der Waals surface area contributed by atoms with Crippen LogP contribution in [0.3, 0.4) is 0 Å². The van der Waals surface area contributed by atoms with Crippen LogP contribution >= 0.6 is 0 Å². The fourth-order valence-corrected chi connectivity index (χ4v) is 1.63. The molecule has 0 aromatic heterocycles. The minimum atomic E-state index is -2.79. The van der Waals surface area contributed by atoms with Crippen LogP contribution in [0.25, 0.3) is 0 Å². The normalized spacial score (nSPS) is 10.2. The average Bonchev–Trinajstić information content (AvgIpc) is 2.04. The standard InChI is InChI=1S/C7H8AsNO3/c9-7(10)5-1-3-6(4-2-5)8(11)12/h1-4,11-12H,(H2,9,10). The number of primary amides is 1. The summed E-state index contributed by atoms with van der Waals surface area (Å²) in [6, 6.07) is 5.96. The molecule has 12 heavy (non-hydrogen) atoms. The van der Waals surface area contributed by atoms with Crippen LogP contribution in [-0.2, 0) is 0 Å². The van der Waals surface area contributed by atoms with E-state index in [1.807, 2.05) is 0 Å². The van der Waals surface area contributed by atoms with E-state index >= 15 is 0 Å². The molecule has 0 heterocycles. The molecule has 5 heteroatoms. The molecule has 0 unspecified atom stereocenters. The van der Waals surface area contributed by atoms with Gasteiger partial charge < -0.3 is 0 Å². The fourth-order valence-electron chi connectivity index (χ4n) is 0.759. The number of amides is 1. The molecule has 1 rings (SSSR count). The van der Waals surface area contributed by atoms with Crippen molar-refractivity contribution in [1.29, 1.82) is 0 Å². The first-order valence-electron chi connectivity index (χ1n) is 3.19. The van der Waals surface area contributed by atoms with Crippen LogP contribution in [0.4, 0.5) is 0 Å². The van der Waals surface area contributed by atoms with Gasteiger partial charge >= 0.3 is 74.1 Å². The van der Waals surface area contributed by atoms with Crippen LogP contribution in [0.2, 0.25) is 0 Å². The molecule has 0 saturated carbocycles. The molecule has 0 aliphatic carbocycles. The number of benzene rings is 1. The Labute approximate surface area is 74.6 Å². The molecule has 0 saturated heterocycles. The number of carbonyl (C=O) groups excluding carboxylic acids is 1. The molecule has 0 aliphatic heterocycles. The van der Waals surface area contributed by atoms with E-state index in [1.54, 1.807) is 0 Å². The van der Waals surface area contributed by atoms with Crippen molar-refractivity contribution in [1.82, 2.24) is 0 Å². The predicted molar refractivity (Wildman–Crippen MR) is 44.8 cm³/mol. The predicted octanol–water partition coefficient (Wildman–Crippen LogP) is -1.53. The zero-order chi connectivity index (χ0) is 9.14. The Morgan fingerprint density at radius 3 is 2.08 bits per heavy atom. The van der Waals surface area contributed by atoms with Crippen LogP contribution < -0.4 is 10.1 Å². The van der Waals surface area contributed by atoms with E-state index in [4.69, 9.17) is 13.9 Å². The third-order valence-electron chi connectivity index (χ3n) is 1.38. The third-order valence-corrected chi connectivity index (χ3v) is 2.98. The Morgan fingerprint density at radius 2 is 1.75 bits per heavy atom. The van der Waals surface area contributed by atoms with Crippen LogP contribution in [0.5, 0.6) is 0 Å². The SMILES string of the molecule is NC(=O)c1ccc([As](O)O)cc1. The van der Waals surface area contributed by atoms with Crippen molar-refractivity contribution >= 4 is 25.6 Å². The van der Waals surface area contributed by atoms with Gasteiger partial charge in [-0.15, -0.1) is 0 Å². The zero-order valence-electron chi connectivity index (χ0n) is 6.14. The number of hydrogen-bond acceptors (Lipinski definition) is 3. The molecule has 1 amide bonds. The molecule has 64 valence electrons. The molecule has 4 N–H and O–H groups in total. The van der Waals surface area contributed by atoms with Gasteiger partial charge in [-0.3, -0.25) is 0 Å². The van der Waals surface area contributed by atoms with Crippen molar-refractivity contribution in [3.8, 4) is 0 Å². The average molecular weight is 229 g/mol. The Kier molecular flexibility index (Phi) is 2.87. The maximum absolute atomic E-state index is 10.6. The van der Waals surface area contributed by atoms with E-state index in [0.29, 0.717) is 9.91 Å². The second kappa shape index (κ2) is 3.72. The Balaban J connectivity index is 2.93. The first-order chi connectivity index (χ1) is 5.61. The first-order valence-corrected chi connectivity index (χ1v) is 5.80. The van der Waals surface area contributed by atoms with Gasteiger partial charge in [-0.1, -0.05) is 0 Å². The molecule has 1 aromatic carbocycles. The Hall–Kier alpha value is -0.832. The van der Waals surface area contributed by atoms with Crippen LogP contribution in [0.1, 0.15) is 10.4 Å². The van der Waals surface area contributed by atoms with Crippen molar-refractivity contribution in [2.45, 2.75) is 0 Å². The van der Waals surface area contributed by atoms with E-state index in [-0.39, 0.29) is 0 Å². The number of carbonyl (C=O) groups is 1. The van der Waals surface area contributed by atoms with Crippen molar-refractivity contribution < 1.29 is 13.0 Å². The molecular weight excluding hydrogens is 221 g/mol. The summed E-state index contributed by atoms with van der Waals surface area (Å²) in [5.41, 5.74) is 5.36. The van der Waals surface area contributed by atoms with Gasteiger partial charge in [-0.05, 0) is 0 Å². The van der Waals surface area contributed by atoms with Gasteiger partial charge in [0.05, 0.1) is 0 Å². The number of nitrogens with two attached hydrogens (primary N) is 1. The van der Waals surface area contributed by atoms with E-state index in [2.05, 4.69) is 0 Å². The number of rotatable bonds is 2. The van der Waals surface area contributed by atoms with Crippen molar-refractivity contribution in [3.63, 3.8) is 0 Å². The summed E-state index contributed by atoms with van der Waals surface area (Å²) < 4.78 is 18.2. The fraction of sp³-hybridized carbons (Fsp3) is 0. The molecule has 0 radical (unpaired) electrons. The van der Waals surface area contributed by atoms with E-state index in [9.17, 15) is 4.79 Å². The molecule has 0 spiro atoms. The second-order valence-corrected chi connectivity index (χ2v) is 4.50. The summed E-state index contributed by atoms with van der Waals surface area (Å²) >= 11 is -2.79. The van der Waals surface area contributed by atoms with Crippen LogP contribution in [-0.4, -0.2) is 29.4 Å². The number of hydrogen-bond donors (Lipinski definition) is 3. The minimum absolute atomic E-state index is 0.370. The van der Waals surface area contributed by atoms with E-state index in [1.165, 1.54) is 24.3 Å². The van der Waals surface area contributed by atoms with Crippen LogP contribution in [0, 0.1) is 0 Å². The summed E-state index contributed by atoms with van der Waals surface area (Å²) in [6.45, 7) is 0. The molecule has 0 bridgehead atoms. The molecule has 0 fully saturated rings. The van der Waals surface area contributed by atoms with Gasteiger partial charge in [-0.25, -0.2) is 0 Å². The van der Waals surface area contributed by atoms with Gasteiger partial charge in [0, 0.05) is 0 Å². The molecule has 0 atom stereocenters. The van der Waals surface area contributed by atoms with Gasteiger partial charge in [0.2, 0.25) is 0 Å². The van der Waals surface area contributed by atoms with Gasteiger partial charge in [0.25, 0.3) is 0 Å². The Bertz CT molecular complexity index is 283. The molecule has 0 aliphatic rings. The quantitative estimate of drug-likeness (QED) is 0.537. The van der Waals surface area contributed by atoms with E-state index in [0.717, 1.165) is 0 Å². The maximum atomic E-state index is 10.6. The monoisotopic (exact) mass is 229 g/mol. The summed E-state index contributed by atoms with van der Waals surface area (Å²) in [7, 11) is 0. The van der Waals surface area contributed by atoms with Gasteiger partial charge in [0.15, 0.2) is 0 Å². The zero-order valence-corrected chi connectivity index (χ0v) is 8.01. The van der Waals surface area contributed by atoms with Gasteiger partial charge in [0.1, 0.15) is 0 Å². The van der Waals surface area contributed by atoms with Gasteiger partial charge in [-0.2, -0.15) is 0 Å². The second-order valence-electron chi connectivity index (χ2n) is 2.20. The van der Waals surface area contributed by atoms with E-state index < -0.39 is 21.2 Å². The van der Waals surface area contributed by atoms with Crippen LogP contribution in [0.15, 0.2) is 24.3 Å². The molecule has 4 nitrogen and oxygen atoms in total. The summed E-state index contributed by atoms with van der Waals surface area (Å²) in [4.78, 5) is 10.6. The molecular formula is C7H8AsNO3. The Morgan fingerprint density at radius 1 is 1.25 bits per heavy atom. The third kappa shape index (κ3) is 2.08. The van der Waals surface area contributed by atoms with Crippen molar-refractivity contribution in [2.75, 3.05) is 0 Å². The van der Waals surface area contributed by atoms with Crippen molar-refractivity contribution in [2.24, 2.45) is 5.73 Å². The topological polar surface area (TPSA) is 83.6 Å². The molecule has 1 aromatic rings.